The number of urea groups is 1. The van der Waals surface area contributed by atoms with Crippen molar-refractivity contribution < 1.29 is 54.2 Å². The fraction of sp³-hybridized carbons (Fsp3) is 0.579. The quantitative estimate of drug-likeness (QED) is 0.152. The number of halogens is 1. The highest BCUT2D eigenvalue weighted by molar-refractivity contribution is 9.10. The summed E-state index contributed by atoms with van der Waals surface area (Å²) in [6.45, 7) is 7.98. The second-order valence-electron chi connectivity index (χ2n) is 15.0. The smallest absolute Gasteiger partial charge is 0.336 e. The van der Waals surface area contributed by atoms with Gasteiger partial charge in [0.25, 0.3) is 5.91 Å². The second kappa shape index (κ2) is 17.5. The average molecular weight is 835 g/mol. The highest BCUT2D eigenvalue weighted by Crippen LogP contribution is 2.38. The minimum atomic E-state index is -2.04. The van der Waals surface area contributed by atoms with Crippen LogP contribution in [0.4, 0.5) is 4.79 Å². The molecule has 2 aromatic carbocycles. The zero-order valence-corrected chi connectivity index (χ0v) is 33.0. The summed E-state index contributed by atoms with van der Waals surface area (Å²) in [6, 6.07) is 8.86. The van der Waals surface area contributed by atoms with Crippen LogP contribution in [0.25, 0.3) is 0 Å². The molecule has 17 heteroatoms. The number of rotatable bonds is 12. The van der Waals surface area contributed by atoms with E-state index in [9.17, 15) is 44.7 Å². The van der Waals surface area contributed by atoms with Gasteiger partial charge in [-0.2, -0.15) is 0 Å². The number of benzene rings is 2. The number of aliphatic carboxylic acids is 1. The molecule has 5 rings (SSSR count). The van der Waals surface area contributed by atoms with Crippen LogP contribution in [0.3, 0.4) is 0 Å². The van der Waals surface area contributed by atoms with E-state index >= 15 is 0 Å². The average Bonchev–Trinajstić information content (AvgIpc) is 3.57. The molecule has 55 heavy (non-hydrogen) atoms. The third-order valence-corrected chi connectivity index (χ3v) is 11.6. The fourth-order valence-electron chi connectivity index (χ4n) is 7.84. The molecule has 3 saturated heterocycles. The third-order valence-electron chi connectivity index (χ3n) is 11.0. The van der Waals surface area contributed by atoms with Crippen molar-refractivity contribution in [1.82, 2.24) is 25.8 Å². The Bertz CT molecular complexity index is 1710. The molecule has 0 radical (unpaired) electrons. The van der Waals surface area contributed by atoms with E-state index in [2.05, 4.69) is 36.8 Å². The topological polar surface area (TPSA) is 230 Å². The summed E-state index contributed by atoms with van der Waals surface area (Å²) in [6.07, 6.45) is -6.64. The van der Waals surface area contributed by atoms with Gasteiger partial charge in [0, 0.05) is 62.5 Å². The molecule has 2 aromatic rings. The van der Waals surface area contributed by atoms with Crippen LogP contribution in [0.1, 0.15) is 66.2 Å². The minimum Gasteiger partial charge on any atom is -0.507 e. The summed E-state index contributed by atoms with van der Waals surface area (Å²) < 4.78 is 13.0. The second-order valence-corrected chi connectivity index (χ2v) is 15.9. The van der Waals surface area contributed by atoms with Crippen molar-refractivity contribution in [2.75, 3.05) is 45.9 Å². The molecule has 302 valence electrons. The molecule has 3 heterocycles. The highest BCUT2D eigenvalue weighted by Gasteiger charge is 2.55. The summed E-state index contributed by atoms with van der Waals surface area (Å²) in [5.74, 6) is -2.53. The number of hydrogen-bond donors (Lipinski definition) is 8. The molecule has 3 fully saturated rings. The number of nitrogens with one attached hydrogen (secondary N) is 3. The van der Waals surface area contributed by atoms with E-state index in [1.54, 1.807) is 18.7 Å². The van der Waals surface area contributed by atoms with E-state index in [-0.39, 0.29) is 36.4 Å². The lowest BCUT2D eigenvalue weighted by molar-refractivity contribution is -0.231. The lowest BCUT2D eigenvalue weighted by atomic mass is 9.81. The van der Waals surface area contributed by atoms with Crippen molar-refractivity contribution in [1.29, 1.82) is 0 Å². The predicted molar refractivity (Wildman–Crippen MR) is 202 cm³/mol. The van der Waals surface area contributed by atoms with Crippen molar-refractivity contribution >= 4 is 39.7 Å². The summed E-state index contributed by atoms with van der Waals surface area (Å²) in [7, 11) is 0. The number of hydrogen-bond acceptors (Lipinski definition) is 11. The van der Waals surface area contributed by atoms with Crippen molar-refractivity contribution in [2.24, 2.45) is 0 Å². The standard InChI is InChI=1S/C38H52BrN5O11/c1-21-15-26(16-22(2)31(21)48)34(50)40-18-29(47)32(49)33-30(42-24(4)45)28(46)17-38(55-33,35(51)52)10-12-44-13-14-54-20-37(44)9-11-43(19-37)36(53)41-23(3)25-5-7-27(39)8-6-25/h5-8,15-16,23,28-30,32-33,46-49H,9-14,17-20H2,1-4H3,(H,40,50)(H,41,53)(H,42,45)(H,51,52)/t23-,28+,29-,30-,32-,33-,37+,38-/m1/s1. The van der Waals surface area contributed by atoms with Gasteiger partial charge in [-0.3, -0.25) is 14.5 Å². The van der Waals surface area contributed by atoms with E-state index in [1.165, 1.54) is 19.1 Å². The number of carbonyl (C=O) groups is 4. The van der Waals surface area contributed by atoms with Crippen LogP contribution in [0, 0.1) is 13.8 Å². The van der Waals surface area contributed by atoms with Gasteiger partial charge in [-0.25, -0.2) is 9.59 Å². The summed E-state index contributed by atoms with van der Waals surface area (Å²) in [4.78, 5) is 55.3. The highest BCUT2D eigenvalue weighted by atomic mass is 79.9. The third kappa shape index (κ3) is 9.59. The number of phenolic OH excluding ortho intramolecular Hbond substituents is 1. The molecule has 0 unspecified atom stereocenters. The number of ether oxygens (including phenoxy) is 2. The van der Waals surface area contributed by atoms with Crippen molar-refractivity contribution in [3.8, 4) is 5.75 Å². The molecule has 0 saturated carbocycles. The monoisotopic (exact) mass is 833 g/mol. The van der Waals surface area contributed by atoms with E-state index in [4.69, 9.17) is 9.47 Å². The molecule has 16 nitrogen and oxygen atoms in total. The van der Waals surface area contributed by atoms with Gasteiger partial charge >= 0.3 is 12.0 Å². The maximum Gasteiger partial charge on any atom is 0.336 e. The molecule has 0 bridgehead atoms. The van der Waals surface area contributed by atoms with Gasteiger partial charge < -0.3 is 55.9 Å². The van der Waals surface area contributed by atoms with Crippen LogP contribution < -0.4 is 16.0 Å². The van der Waals surface area contributed by atoms with Gasteiger partial charge in [0.2, 0.25) is 5.91 Å². The van der Waals surface area contributed by atoms with Crippen molar-refractivity contribution in [3.63, 3.8) is 0 Å². The van der Waals surface area contributed by atoms with Crippen LogP contribution in [0.15, 0.2) is 40.9 Å². The van der Waals surface area contributed by atoms with Crippen LogP contribution in [0.2, 0.25) is 0 Å². The first kappa shape index (κ1) is 42.3. The van der Waals surface area contributed by atoms with Gasteiger partial charge in [0.1, 0.15) is 18.0 Å². The number of carboxylic acids is 1. The Morgan fingerprint density at radius 2 is 1.75 bits per heavy atom. The molecule has 4 amide bonds. The maximum absolute atomic E-state index is 13.4. The lowest BCUT2D eigenvalue weighted by Crippen LogP contribution is -2.68. The van der Waals surface area contributed by atoms with Crippen LogP contribution in [-0.4, -0.2) is 147 Å². The number of morpholine rings is 1. The number of aromatic hydroxyl groups is 1. The Morgan fingerprint density at radius 3 is 2.38 bits per heavy atom. The Balaban J connectivity index is 1.28. The van der Waals surface area contributed by atoms with Gasteiger partial charge in [-0.1, -0.05) is 28.1 Å². The van der Waals surface area contributed by atoms with Crippen molar-refractivity contribution in [2.45, 2.75) is 94.6 Å². The largest absolute Gasteiger partial charge is 0.507 e. The van der Waals surface area contributed by atoms with E-state index in [1.807, 2.05) is 31.2 Å². The number of aliphatic hydroxyl groups is 3. The molecular formula is C38H52BrN5O11. The number of phenols is 1. The van der Waals surface area contributed by atoms with E-state index < -0.39 is 72.3 Å². The molecule has 8 N–H and O–H groups in total. The number of nitrogens with zero attached hydrogens (tertiary/aromatic N) is 2. The van der Waals surface area contributed by atoms with Gasteiger partial charge in [-0.15, -0.1) is 0 Å². The zero-order chi connectivity index (χ0) is 40.2. The Hall–Kier alpha value is -3.84. The number of carbonyl (C=O) groups excluding carboxylic acids is 3. The summed E-state index contributed by atoms with van der Waals surface area (Å²) in [5, 5.41) is 62.6. The zero-order valence-electron chi connectivity index (χ0n) is 31.5. The number of carboxylic acid groups (broad SMARTS) is 1. The van der Waals surface area contributed by atoms with E-state index in [0.29, 0.717) is 50.4 Å². The Kier molecular flexibility index (Phi) is 13.5. The molecular weight excluding hydrogens is 782 g/mol. The molecule has 3 aliphatic heterocycles. The predicted octanol–water partition coefficient (Wildman–Crippen LogP) is 1.34. The molecule has 1 spiro atoms. The van der Waals surface area contributed by atoms with Gasteiger partial charge in [-0.05, 0) is 68.1 Å². The van der Waals surface area contributed by atoms with E-state index in [0.717, 1.165) is 10.0 Å². The minimum absolute atomic E-state index is 0.0467. The first-order valence-corrected chi connectivity index (χ1v) is 19.2. The number of amides is 4. The normalized spacial score (nSPS) is 27.3. The van der Waals surface area contributed by atoms with Crippen LogP contribution in [-0.2, 0) is 19.1 Å². The summed E-state index contributed by atoms with van der Waals surface area (Å²) >= 11 is 3.43. The lowest BCUT2D eigenvalue weighted by Gasteiger charge is -2.49. The Labute approximate surface area is 328 Å². The first-order chi connectivity index (χ1) is 25.9. The molecule has 0 aromatic heterocycles. The first-order valence-electron chi connectivity index (χ1n) is 18.4. The summed E-state index contributed by atoms with van der Waals surface area (Å²) in [5.41, 5.74) is -0.549. The molecule has 8 atom stereocenters. The number of likely N-dealkylation sites (tertiary alicyclic amines) is 1. The SMILES string of the molecule is CC(=O)N[C@H]1[C@H]([C@H](O)[C@H](O)CNC(=O)c2cc(C)c(O)c(C)c2)O[C@@](CCN2CCOC[C@@]23CCN(C(=O)N[C@H](C)c2ccc(Br)cc2)C3)(C(=O)O)C[C@@H]1O. The van der Waals surface area contributed by atoms with Gasteiger partial charge in [0.05, 0.1) is 43.0 Å². The maximum atomic E-state index is 13.4. The number of aryl methyl sites for hydroxylation is 2. The van der Waals surface area contributed by atoms with Crippen LogP contribution in [0.5, 0.6) is 5.75 Å². The fourth-order valence-corrected chi connectivity index (χ4v) is 8.10. The van der Waals surface area contributed by atoms with Crippen LogP contribution >= 0.6 is 15.9 Å². The van der Waals surface area contributed by atoms with Crippen molar-refractivity contribution in [3.05, 3.63) is 63.1 Å². The van der Waals surface area contributed by atoms with Gasteiger partial charge in [0.15, 0.2) is 5.60 Å². The molecule has 0 aliphatic carbocycles. The molecule has 3 aliphatic rings. The Morgan fingerprint density at radius 1 is 1.07 bits per heavy atom. The number of aliphatic hydroxyl groups excluding tert-OH is 3.